The number of imidazole rings is 1. The van der Waals surface area contributed by atoms with E-state index in [1.54, 1.807) is 12.1 Å². The van der Waals surface area contributed by atoms with Gasteiger partial charge in [-0.15, -0.1) is 0 Å². The van der Waals surface area contributed by atoms with Crippen molar-refractivity contribution in [2.24, 2.45) is 13.0 Å². The van der Waals surface area contributed by atoms with Crippen LogP contribution in [0, 0.1) is 5.92 Å². The van der Waals surface area contributed by atoms with Gasteiger partial charge in [-0.1, -0.05) is 25.9 Å². The van der Waals surface area contributed by atoms with Gasteiger partial charge in [-0.3, -0.25) is 4.79 Å². The van der Waals surface area contributed by atoms with E-state index < -0.39 is 24.2 Å². The van der Waals surface area contributed by atoms with Crippen LogP contribution in [0.25, 0.3) is 11.0 Å². The Morgan fingerprint density at radius 3 is 2.60 bits per heavy atom. The number of amides is 1. The molecule has 3 aromatic heterocycles. The van der Waals surface area contributed by atoms with Crippen molar-refractivity contribution in [2.75, 3.05) is 10.6 Å². The van der Waals surface area contributed by atoms with E-state index in [0.29, 0.717) is 23.3 Å². The molecule has 4 aromatic rings. The van der Waals surface area contributed by atoms with Crippen molar-refractivity contribution in [1.82, 2.24) is 19.7 Å². The van der Waals surface area contributed by atoms with E-state index in [1.807, 2.05) is 50.6 Å². The van der Waals surface area contributed by atoms with Crippen LogP contribution in [0.4, 0.5) is 26.4 Å². The molecule has 2 N–H and O–H groups in total. The molecule has 0 saturated heterocycles. The molecule has 0 unspecified atom stereocenters. The van der Waals surface area contributed by atoms with Gasteiger partial charge in [-0.25, -0.2) is 18.7 Å². The fraction of sp³-hybridized carbons (Fsp3) is 0.333. The maximum absolute atomic E-state index is 13.1. The summed E-state index contributed by atoms with van der Waals surface area (Å²) in [5, 5.41) is 9.66. The molecule has 0 spiro atoms. The number of halogens is 2. The lowest BCUT2D eigenvalue weighted by Gasteiger charge is -2.12. The third-order valence-corrected chi connectivity index (χ3v) is 5.70. The molecule has 1 saturated carbocycles. The number of nitrogens with one attached hydrogen (secondary N) is 2. The summed E-state index contributed by atoms with van der Waals surface area (Å²) >= 11 is 0. The summed E-state index contributed by atoms with van der Waals surface area (Å²) in [5.74, 6) is -2.03. The predicted molar refractivity (Wildman–Crippen MR) is 125 cm³/mol. The lowest BCUT2D eigenvalue weighted by Crippen LogP contribution is -2.18. The minimum Gasteiger partial charge on any atom is -0.457 e. The molecule has 1 fully saturated rings. The van der Waals surface area contributed by atoms with Crippen LogP contribution in [0.15, 0.2) is 47.1 Å². The third-order valence-electron chi connectivity index (χ3n) is 5.70. The van der Waals surface area contributed by atoms with E-state index in [1.165, 1.54) is 12.3 Å². The number of carbonyl (C=O) groups is 1. The molecule has 0 bridgehead atoms. The molecule has 5 rings (SSSR count). The van der Waals surface area contributed by atoms with Gasteiger partial charge < -0.3 is 24.5 Å². The second-order valence-electron chi connectivity index (χ2n) is 9.58. The molecule has 35 heavy (non-hydrogen) atoms. The number of nitrogens with zero attached hydrogens (tertiary/aromatic N) is 4. The summed E-state index contributed by atoms with van der Waals surface area (Å²) in [6.45, 7) is 6.12. The Hall–Kier alpha value is -4.02. The Morgan fingerprint density at radius 2 is 1.91 bits per heavy atom. The van der Waals surface area contributed by atoms with Crippen LogP contribution >= 0.6 is 0 Å². The fourth-order valence-electron chi connectivity index (χ4n) is 3.54. The fourth-order valence-corrected chi connectivity index (χ4v) is 3.54. The van der Waals surface area contributed by atoms with Gasteiger partial charge in [0, 0.05) is 43.3 Å². The largest absolute Gasteiger partial charge is 0.457 e. The van der Waals surface area contributed by atoms with Crippen molar-refractivity contribution in [2.45, 2.75) is 38.5 Å². The average Bonchev–Trinajstić information content (AvgIpc) is 3.09. The molecule has 1 aromatic carbocycles. The summed E-state index contributed by atoms with van der Waals surface area (Å²) in [6, 6.07) is 10.3. The monoisotopic (exact) mass is 482 g/mol. The molecular formula is C24H24F2N6O3. The summed E-state index contributed by atoms with van der Waals surface area (Å²) in [4.78, 5) is 20.5. The number of hydrogen-bond donors (Lipinski definition) is 2. The van der Waals surface area contributed by atoms with Crippen molar-refractivity contribution >= 4 is 34.5 Å². The van der Waals surface area contributed by atoms with E-state index in [2.05, 4.69) is 25.8 Å². The van der Waals surface area contributed by atoms with E-state index in [-0.39, 0.29) is 11.2 Å². The number of aromatic nitrogens is 4. The Bertz CT molecular complexity index is 1420. The molecule has 3 heterocycles. The first-order chi connectivity index (χ1) is 16.5. The minimum absolute atomic E-state index is 0.144. The highest BCUT2D eigenvalue weighted by Crippen LogP contribution is 2.49. The second kappa shape index (κ2) is 8.03. The van der Waals surface area contributed by atoms with E-state index >= 15 is 0 Å². The summed E-state index contributed by atoms with van der Waals surface area (Å²) in [6.07, 6.45) is 0.995. The number of anilines is 3. The first-order valence-electron chi connectivity index (χ1n) is 11.0. The van der Waals surface area contributed by atoms with Gasteiger partial charge in [0.2, 0.25) is 11.9 Å². The maximum atomic E-state index is 13.1. The first-order valence-corrected chi connectivity index (χ1v) is 11.0. The topological polar surface area (TPSA) is 107 Å². The molecule has 11 heteroatoms. The maximum Gasteiger partial charge on any atom is 0.260 e. The van der Waals surface area contributed by atoms with Crippen LogP contribution < -0.4 is 15.4 Å². The Labute approximate surface area is 199 Å². The Morgan fingerprint density at radius 1 is 1.17 bits per heavy atom. The lowest BCUT2D eigenvalue weighted by atomic mass is 9.93. The molecular weight excluding hydrogens is 458 g/mol. The van der Waals surface area contributed by atoms with Crippen LogP contribution in [0.3, 0.4) is 0 Å². The second-order valence-corrected chi connectivity index (χ2v) is 9.58. The third kappa shape index (κ3) is 4.66. The number of pyridine rings is 1. The summed E-state index contributed by atoms with van der Waals surface area (Å²) in [7, 11) is 1.86. The molecule has 0 aliphatic heterocycles. The zero-order valence-corrected chi connectivity index (χ0v) is 19.6. The number of carbonyl (C=O) groups excluding carboxylic acids is 1. The van der Waals surface area contributed by atoms with Gasteiger partial charge in [0.05, 0.1) is 11.0 Å². The number of alkyl halides is 2. The molecule has 1 aliphatic rings. The number of aryl methyl sites for hydroxylation is 1. The highest BCUT2D eigenvalue weighted by atomic mass is 19.3. The lowest BCUT2D eigenvalue weighted by molar-refractivity contribution is -0.119. The Kier molecular flexibility index (Phi) is 5.22. The van der Waals surface area contributed by atoms with E-state index in [9.17, 15) is 13.6 Å². The van der Waals surface area contributed by atoms with Gasteiger partial charge in [-0.2, -0.15) is 0 Å². The van der Waals surface area contributed by atoms with Crippen molar-refractivity contribution in [3.63, 3.8) is 0 Å². The quantitative estimate of drug-likeness (QED) is 0.380. The normalized spacial score (nSPS) is 16.8. The molecule has 1 aliphatic carbocycles. The smallest absolute Gasteiger partial charge is 0.260 e. The van der Waals surface area contributed by atoms with Gasteiger partial charge >= 0.3 is 0 Å². The van der Waals surface area contributed by atoms with Crippen LogP contribution in [-0.4, -0.2) is 31.5 Å². The first kappa shape index (κ1) is 22.8. The summed E-state index contributed by atoms with van der Waals surface area (Å²) in [5.41, 5.74) is 1.39. The molecule has 1 atom stereocenters. The Balaban J connectivity index is 1.32. The van der Waals surface area contributed by atoms with Gasteiger partial charge in [0.1, 0.15) is 29.0 Å². The van der Waals surface area contributed by atoms with Crippen LogP contribution in [0.2, 0.25) is 0 Å². The van der Waals surface area contributed by atoms with Crippen molar-refractivity contribution in [1.29, 1.82) is 0 Å². The molecule has 0 radical (unpaired) electrons. The van der Waals surface area contributed by atoms with Gasteiger partial charge in [0.25, 0.3) is 5.92 Å². The van der Waals surface area contributed by atoms with Crippen LogP contribution in [0.1, 0.15) is 33.0 Å². The number of ether oxygens (including phenoxy) is 1. The standard InChI is InChI=1S/C24H24F2N6O3/c1-23(2,3)18-11-20(31-35-18)30-22-28-16-6-5-13(9-17(16)32(22)4)34-14-7-8-27-19(10-14)29-21(33)15-12-24(15,25)26/h5-11,15H,12H2,1-4H3,(H,27,29,33)(H,28,30,31)/t15-/m1/s1. The van der Waals surface area contributed by atoms with Crippen molar-refractivity contribution in [3.8, 4) is 11.5 Å². The number of rotatable bonds is 6. The highest BCUT2D eigenvalue weighted by Gasteiger charge is 2.61. The van der Waals surface area contributed by atoms with Crippen LogP contribution in [-0.2, 0) is 17.3 Å². The summed E-state index contributed by atoms with van der Waals surface area (Å²) < 4.78 is 39.5. The van der Waals surface area contributed by atoms with Crippen LogP contribution in [0.5, 0.6) is 11.5 Å². The number of hydrogen-bond acceptors (Lipinski definition) is 7. The SMILES string of the molecule is Cn1c(Nc2cc(C(C)(C)C)on2)nc2ccc(Oc3ccnc(NC(=O)[C@H]4CC4(F)F)c3)cc21. The van der Waals surface area contributed by atoms with E-state index in [4.69, 9.17) is 9.26 Å². The predicted octanol–water partition coefficient (Wildman–Crippen LogP) is 5.38. The van der Waals surface area contributed by atoms with Gasteiger partial charge in [0.15, 0.2) is 5.82 Å². The van der Waals surface area contributed by atoms with Crippen molar-refractivity contribution in [3.05, 3.63) is 48.4 Å². The molecule has 9 nitrogen and oxygen atoms in total. The number of fused-ring (bicyclic) bond motifs is 1. The van der Waals surface area contributed by atoms with Crippen molar-refractivity contribution < 1.29 is 22.8 Å². The highest BCUT2D eigenvalue weighted by molar-refractivity contribution is 5.94. The van der Waals surface area contributed by atoms with E-state index in [0.717, 1.165) is 16.8 Å². The van der Waals surface area contributed by atoms with Gasteiger partial charge in [-0.05, 0) is 18.2 Å². The zero-order chi connectivity index (χ0) is 25.0. The number of benzene rings is 1. The minimum atomic E-state index is -2.94. The molecule has 1 amide bonds. The molecule has 182 valence electrons. The average molecular weight is 482 g/mol. The zero-order valence-electron chi connectivity index (χ0n) is 19.6.